The highest BCUT2D eigenvalue weighted by atomic mass is 32.2. The molecule has 0 radical (unpaired) electrons. The minimum atomic E-state index is -3.74. The molecule has 6 nitrogen and oxygen atoms in total. The Labute approximate surface area is 148 Å². The van der Waals surface area contributed by atoms with Crippen LogP contribution in [0.2, 0.25) is 0 Å². The fourth-order valence-corrected chi connectivity index (χ4v) is 4.70. The number of ether oxygens (including phenoxy) is 1. The monoisotopic (exact) mass is 372 g/mol. The maximum absolute atomic E-state index is 13.4. The molecule has 8 heteroatoms. The Morgan fingerprint density at radius 2 is 1.56 bits per heavy atom. The summed E-state index contributed by atoms with van der Waals surface area (Å²) in [5.74, 6) is -0.455. The van der Waals surface area contributed by atoms with E-state index in [4.69, 9.17) is 4.74 Å². The van der Waals surface area contributed by atoms with Crippen LogP contribution in [0.1, 0.15) is 31.9 Å². The van der Waals surface area contributed by atoms with Crippen LogP contribution < -0.4 is 0 Å². The van der Waals surface area contributed by atoms with E-state index in [0.717, 1.165) is 0 Å². The van der Waals surface area contributed by atoms with Crippen molar-refractivity contribution in [2.24, 2.45) is 0 Å². The molecule has 1 aromatic rings. The van der Waals surface area contributed by atoms with Crippen LogP contribution in [0.3, 0.4) is 0 Å². The summed E-state index contributed by atoms with van der Waals surface area (Å²) in [5.41, 5.74) is 0.168. The summed E-state index contributed by atoms with van der Waals surface area (Å²) in [6, 6.07) is 2.44. The van der Waals surface area contributed by atoms with Crippen molar-refractivity contribution in [2.45, 2.75) is 45.1 Å². The van der Waals surface area contributed by atoms with Crippen molar-refractivity contribution in [3.8, 4) is 0 Å². The van der Waals surface area contributed by atoms with E-state index in [1.165, 1.54) is 21.3 Å². The first-order valence-corrected chi connectivity index (χ1v) is 9.60. The predicted octanol–water partition coefficient (Wildman–Crippen LogP) is 2.68. The maximum Gasteiger partial charge on any atom is 0.410 e. The van der Waals surface area contributed by atoms with Crippen LogP contribution in [0.4, 0.5) is 9.18 Å². The summed E-state index contributed by atoms with van der Waals surface area (Å²) in [5, 5.41) is 0. The van der Waals surface area contributed by atoms with Crippen LogP contribution in [0, 0.1) is 19.7 Å². The summed E-state index contributed by atoms with van der Waals surface area (Å²) in [6.07, 6.45) is -0.446. The number of sulfonamides is 1. The third kappa shape index (κ3) is 4.49. The second kappa shape index (κ2) is 6.92. The molecule has 140 valence electrons. The van der Waals surface area contributed by atoms with Crippen LogP contribution in [-0.4, -0.2) is 55.5 Å². The number of piperazine rings is 1. The average Bonchev–Trinajstić information content (AvgIpc) is 2.44. The molecule has 0 unspecified atom stereocenters. The normalized spacial score (nSPS) is 16.8. The lowest BCUT2D eigenvalue weighted by Crippen LogP contribution is -2.51. The van der Waals surface area contributed by atoms with Gasteiger partial charge in [-0.05, 0) is 57.9 Å². The third-order valence-electron chi connectivity index (χ3n) is 3.91. The minimum absolute atomic E-state index is 0.139. The molecular weight excluding hydrogens is 347 g/mol. The highest BCUT2D eigenvalue weighted by Crippen LogP contribution is 2.26. The summed E-state index contributed by atoms with van der Waals surface area (Å²) in [7, 11) is -3.74. The van der Waals surface area contributed by atoms with E-state index in [0.29, 0.717) is 11.1 Å². The van der Waals surface area contributed by atoms with Gasteiger partial charge in [0.1, 0.15) is 11.4 Å². The molecule has 1 aliphatic heterocycles. The van der Waals surface area contributed by atoms with Gasteiger partial charge < -0.3 is 9.64 Å². The van der Waals surface area contributed by atoms with E-state index in [-0.39, 0.29) is 31.1 Å². The highest BCUT2D eigenvalue weighted by molar-refractivity contribution is 7.89. The number of hydrogen-bond acceptors (Lipinski definition) is 4. The molecule has 0 aromatic heterocycles. The van der Waals surface area contributed by atoms with Crippen LogP contribution in [0.15, 0.2) is 17.0 Å². The van der Waals surface area contributed by atoms with Crippen LogP contribution in [0.25, 0.3) is 0 Å². The minimum Gasteiger partial charge on any atom is -0.444 e. The van der Waals surface area contributed by atoms with Gasteiger partial charge in [0.2, 0.25) is 10.0 Å². The fourth-order valence-electron chi connectivity index (χ4n) is 2.87. The lowest BCUT2D eigenvalue weighted by atomic mass is 10.1. The van der Waals surface area contributed by atoms with Crippen LogP contribution in [0.5, 0.6) is 0 Å². The zero-order valence-corrected chi connectivity index (χ0v) is 16.1. The Morgan fingerprint density at radius 1 is 1.08 bits per heavy atom. The number of nitrogens with zero attached hydrogens (tertiary/aromatic N) is 2. The van der Waals surface area contributed by atoms with Crippen molar-refractivity contribution < 1.29 is 22.3 Å². The summed E-state index contributed by atoms with van der Waals surface area (Å²) in [4.78, 5) is 13.7. The smallest absolute Gasteiger partial charge is 0.410 e. The van der Waals surface area contributed by atoms with Crippen molar-refractivity contribution in [2.75, 3.05) is 26.2 Å². The van der Waals surface area contributed by atoms with Gasteiger partial charge in [0.15, 0.2) is 0 Å². The van der Waals surface area contributed by atoms with Gasteiger partial charge >= 0.3 is 6.09 Å². The Balaban J connectivity index is 2.14. The number of carbonyl (C=O) groups is 1. The number of halogens is 1. The van der Waals surface area contributed by atoms with Gasteiger partial charge in [0.25, 0.3) is 0 Å². The second-order valence-electron chi connectivity index (χ2n) is 7.24. The van der Waals surface area contributed by atoms with Crippen LogP contribution >= 0.6 is 0 Å². The maximum atomic E-state index is 13.4. The van der Waals surface area contributed by atoms with Crippen molar-refractivity contribution >= 4 is 16.1 Å². The van der Waals surface area contributed by atoms with Gasteiger partial charge in [0, 0.05) is 26.2 Å². The molecule has 1 aromatic carbocycles. The molecule has 2 rings (SSSR count). The Bertz CT molecular complexity index is 740. The zero-order valence-electron chi connectivity index (χ0n) is 15.3. The number of aryl methyl sites for hydroxylation is 2. The van der Waals surface area contributed by atoms with Crippen molar-refractivity contribution in [3.05, 3.63) is 29.1 Å². The van der Waals surface area contributed by atoms with E-state index >= 15 is 0 Å². The Kier molecular flexibility index (Phi) is 5.44. The van der Waals surface area contributed by atoms with Gasteiger partial charge in [-0.15, -0.1) is 0 Å². The molecule has 1 saturated heterocycles. The first-order valence-electron chi connectivity index (χ1n) is 8.16. The first kappa shape index (κ1) is 19.7. The van der Waals surface area contributed by atoms with Crippen molar-refractivity contribution in [1.82, 2.24) is 9.21 Å². The van der Waals surface area contributed by atoms with E-state index in [1.807, 2.05) is 0 Å². The second-order valence-corrected chi connectivity index (χ2v) is 9.11. The van der Waals surface area contributed by atoms with Gasteiger partial charge in [-0.1, -0.05) is 0 Å². The Hall–Kier alpha value is -1.67. The molecule has 0 aliphatic carbocycles. The number of hydrogen-bond donors (Lipinski definition) is 0. The molecule has 1 heterocycles. The topological polar surface area (TPSA) is 66.9 Å². The highest BCUT2D eigenvalue weighted by Gasteiger charge is 2.33. The number of benzene rings is 1. The van der Waals surface area contributed by atoms with Crippen molar-refractivity contribution in [3.63, 3.8) is 0 Å². The van der Waals surface area contributed by atoms with E-state index in [1.54, 1.807) is 34.6 Å². The molecule has 0 bridgehead atoms. The van der Waals surface area contributed by atoms with E-state index in [9.17, 15) is 17.6 Å². The standard InChI is InChI=1S/C17H25FN2O4S/c1-12-10-14(18)11-13(2)15(12)25(22,23)20-8-6-19(7-9-20)16(21)24-17(3,4)5/h10-11H,6-9H2,1-5H3. The molecule has 1 amide bonds. The zero-order chi connectivity index (χ0) is 19.0. The lowest BCUT2D eigenvalue weighted by molar-refractivity contribution is 0.0192. The predicted molar refractivity (Wildman–Crippen MR) is 92.4 cm³/mol. The van der Waals surface area contributed by atoms with Gasteiger partial charge in [-0.25, -0.2) is 17.6 Å². The number of carbonyl (C=O) groups excluding carboxylic acids is 1. The summed E-state index contributed by atoms with van der Waals surface area (Å²) in [6.45, 7) is 9.39. The van der Waals surface area contributed by atoms with Gasteiger partial charge in [0.05, 0.1) is 4.90 Å². The summed E-state index contributed by atoms with van der Waals surface area (Å²) >= 11 is 0. The molecule has 1 aliphatic rings. The molecule has 0 saturated carbocycles. The van der Waals surface area contributed by atoms with E-state index in [2.05, 4.69) is 0 Å². The molecular formula is C17H25FN2O4S. The fraction of sp³-hybridized carbons (Fsp3) is 0.588. The summed E-state index contributed by atoms with van der Waals surface area (Å²) < 4.78 is 45.9. The third-order valence-corrected chi connectivity index (χ3v) is 6.12. The molecule has 0 spiro atoms. The van der Waals surface area contributed by atoms with E-state index < -0.39 is 27.5 Å². The van der Waals surface area contributed by atoms with Crippen LogP contribution in [-0.2, 0) is 14.8 Å². The lowest BCUT2D eigenvalue weighted by Gasteiger charge is -2.35. The number of amides is 1. The quantitative estimate of drug-likeness (QED) is 0.801. The number of rotatable bonds is 2. The average molecular weight is 372 g/mol. The first-order chi connectivity index (χ1) is 11.4. The Morgan fingerprint density at radius 3 is 2.00 bits per heavy atom. The van der Waals surface area contributed by atoms with Gasteiger partial charge in [-0.3, -0.25) is 0 Å². The largest absolute Gasteiger partial charge is 0.444 e. The molecule has 0 N–H and O–H groups in total. The molecule has 1 fully saturated rings. The SMILES string of the molecule is Cc1cc(F)cc(C)c1S(=O)(=O)N1CCN(C(=O)OC(C)(C)C)CC1. The van der Waals surface area contributed by atoms with Crippen molar-refractivity contribution in [1.29, 1.82) is 0 Å². The molecule has 25 heavy (non-hydrogen) atoms. The molecule has 0 atom stereocenters. The van der Waals surface area contributed by atoms with Gasteiger partial charge in [-0.2, -0.15) is 4.31 Å².